The van der Waals surface area contributed by atoms with E-state index < -0.39 is 10.8 Å². The van der Waals surface area contributed by atoms with Gasteiger partial charge in [-0.2, -0.15) is 0 Å². The van der Waals surface area contributed by atoms with E-state index in [2.05, 4.69) is 33.3 Å². The average molecular weight is 380 g/mol. The molecular formula is C15H17Cl3N2O3. The number of halogens is 3. The SMILES string of the molecule is COC(=O)Nc1ccccc1.Cl.Nc1ccccc1.O=C(Cl)Cl. The third-order valence-electron chi connectivity index (χ3n) is 2.01. The zero-order valence-electron chi connectivity index (χ0n) is 12.2. The number of rotatable bonds is 1. The molecule has 2 aromatic rings. The van der Waals surface area contributed by atoms with Crippen LogP contribution in [0.3, 0.4) is 0 Å². The number of ether oxygens (including phenoxy) is 1. The molecule has 2 rings (SSSR count). The van der Waals surface area contributed by atoms with Gasteiger partial charge in [-0.1, -0.05) is 36.4 Å². The zero-order valence-corrected chi connectivity index (χ0v) is 14.6. The van der Waals surface area contributed by atoms with Crippen molar-refractivity contribution >= 4 is 57.8 Å². The predicted octanol–water partition coefficient (Wildman–Crippen LogP) is 5.14. The number of carbonyl (C=O) groups is 2. The molecule has 0 unspecified atom stereocenters. The van der Waals surface area contributed by atoms with Gasteiger partial charge in [0.25, 0.3) is 0 Å². The molecule has 0 atom stereocenters. The number of amides is 1. The van der Waals surface area contributed by atoms with Crippen LogP contribution in [0.4, 0.5) is 21.0 Å². The van der Waals surface area contributed by atoms with E-state index >= 15 is 0 Å². The van der Waals surface area contributed by atoms with Gasteiger partial charge in [-0.05, 0) is 47.5 Å². The molecule has 2 aromatic carbocycles. The minimum atomic E-state index is -0.889. The molecular weight excluding hydrogens is 363 g/mol. The minimum absolute atomic E-state index is 0. The number of para-hydroxylation sites is 2. The summed E-state index contributed by atoms with van der Waals surface area (Å²) in [5.74, 6) is 0. The highest BCUT2D eigenvalue weighted by molar-refractivity contribution is 6.93. The predicted molar refractivity (Wildman–Crippen MR) is 97.7 cm³/mol. The van der Waals surface area contributed by atoms with Gasteiger partial charge < -0.3 is 10.5 Å². The minimum Gasteiger partial charge on any atom is -0.453 e. The summed E-state index contributed by atoms with van der Waals surface area (Å²) in [6.45, 7) is 0. The highest BCUT2D eigenvalue weighted by Gasteiger charge is 1.96. The number of benzene rings is 2. The smallest absolute Gasteiger partial charge is 0.411 e. The van der Waals surface area contributed by atoms with E-state index in [0.717, 1.165) is 11.4 Å². The fraction of sp³-hybridized carbons (Fsp3) is 0.0667. The number of nitrogen functional groups attached to an aromatic ring is 1. The highest BCUT2D eigenvalue weighted by atomic mass is 35.5. The first-order chi connectivity index (χ1) is 10.5. The number of nitrogens with one attached hydrogen (secondary N) is 1. The Bertz CT molecular complexity index is 550. The Morgan fingerprint density at radius 3 is 1.65 bits per heavy atom. The van der Waals surface area contributed by atoms with Gasteiger partial charge >= 0.3 is 10.8 Å². The molecule has 0 saturated heterocycles. The molecule has 0 radical (unpaired) electrons. The van der Waals surface area contributed by atoms with E-state index in [1.165, 1.54) is 7.11 Å². The largest absolute Gasteiger partial charge is 0.453 e. The molecule has 5 nitrogen and oxygen atoms in total. The van der Waals surface area contributed by atoms with Crippen LogP contribution in [0.1, 0.15) is 0 Å². The molecule has 8 heteroatoms. The lowest BCUT2D eigenvalue weighted by atomic mass is 10.3. The first-order valence-corrected chi connectivity index (χ1v) is 6.76. The van der Waals surface area contributed by atoms with Crippen molar-refractivity contribution in [3.63, 3.8) is 0 Å². The lowest BCUT2D eigenvalue weighted by molar-refractivity contribution is 0.187. The van der Waals surface area contributed by atoms with Crippen molar-refractivity contribution in [3.05, 3.63) is 60.7 Å². The van der Waals surface area contributed by atoms with Crippen molar-refractivity contribution in [2.24, 2.45) is 0 Å². The summed E-state index contributed by atoms with van der Waals surface area (Å²) in [5, 5.41) is 2.53. The molecule has 126 valence electrons. The van der Waals surface area contributed by atoms with E-state index in [1.54, 1.807) is 12.1 Å². The van der Waals surface area contributed by atoms with Crippen LogP contribution in [0.25, 0.3) is 0 Å². The van der Waals surface area contributed by atoms with Crippen LogP contribution in [0, 0.1) is 0 Å². The quantitative estimate of drug-likeness (QED) is 0.531. The van der Waals surface area contributed by atoms with Crippen molar-refractivity contribution in [2.45, 2.75) is 0 Å². The number of hydrogen-bond acceptors (Lipinski definition) is 4. The van der Waals surface area contributed by atoms with Crippen LogP contribution in [0.15, 0.2) is 60.7 Å². The van der Waals surface area contributed by atoms with Crippen molar-refractivity contribution in [1.82, 2.24) is 0 Å². The monoisotopic (exact) mass is 378 g/mol. The van der Waals surface area contributed by atoms with Crippen LogP contribution in [-0.2, 0) is 4.74 Å². The molecule has 23 heavy (non-hydrogen) atoms. The van der Waals surface area contributed by atoms with E-state index in [4.69, 9.17) is 10.5 Å². The maximum Gasteiger partial charge on any atom is 0.411 e. The summed E-state index contributed by atoms with van der Waals surface area (Å²) in [6, 6.07) is 18.6. The summed E-state index contributed by atoms with van der Waals surface area (Å²) in [5.41, 5.74) is 6.92. The lowest BCUT2D eigenvalue weighted by Gasteiger charge is -2.01. The molecule has 0 aliphatic carbocycles. The highest BCUT2D eigenvalue weighted by Crippen LogP contribution is 2.04. The fourth-order valence-electron chi connectivity index (χ4n) is 1.14. The van der Waals surface area contributed by atoms with Crippen LogP contribution >= 0.6 is 35.6 Å². The second-order valence-corrected chi connectivity index (χ2v) is 4.50. The molecule has 0 fully saturated rings. The van der Waals surface area contributed by atoms with Gasteiger partial charge in [-0.15, -0.1) is 12.4 Å². The maximum atomic E-state index is 10.6. The summed E-state index contributed by atoms with van der Waals surface area (Å²) in [7, 11) is 1.33. The first-order valence-electron chi connectivity index (χ1n) is 6.01. The molecule has 3 N–H and O–H groups in total. The van der Waals surface area contributed by atoms with Crippen LogP contribution in [0.5, 0.6) is 0 Å². The average Bonchev–Trinajstić information content (AvgIpc) is 2.49. The van der Waals surface area contributed by atoms with Crippen LogP contribution in [-0.4, -0.2) is 17.9 Å². The molecule has 0 bridgehead atoms. The summed E-state index contributed by atoms with van der Waals surface area (Å²) >= 11 is 8.80. The van der Waals surface area contributed by atoms with Gasteiger partial charge in [0, 0.05) is 11.4 Å². The Morgan fingerprint density at radius 2 is 1.35 bits per heavy atom. The third-order valence-corrected chi connectivity index (χ3v) is 2.01. The van der Waals surface area contributed by atoms with E-state index in [0.29, 0.717) is 0 Å². The normalized spacial score (nSPS) is 7.96. The van der Waals surface area contributed by atoms with E-state index in [1.807, 2.05) is 48.5 Å². The maximum absolute atomic E-state index is 10.6. The summed E-state index contributed by atoms with van der Waals surface area (Å²) in [6.07, 6.45) is -0.448. The van der Waals surface area contributed by atoms with Crippen molar-refractivity contribution in [2.75, 3.05) is 18.2 Å². The van der Waals surface area contributed by atoms with Crippen LogP contribution in [0.2, 0.25) is 0 Å². The number of nitrogens with two attached hydrogens (primary N) is 1. The van der Waals surface area contributed by atoms with E-state index in [-0.39, 0.29) is 12.4 Å². The molecule has 0 spiro atoms. The lowest BCUT2D eigenvalue weighted by Crippen LogP contribution is -2.10. The Hall–Kier alpha value is -1.95. The molecule has 0 aliphatic rings. The molecule has 0 saturated carbocycles. The topological polar surface area (TPSA) is 81.4 Å². The van der Waals surface area contributed by atoms with Gasteiger partial charge in [-0.25, -0.2) is 4.79 Å². The second kappa shape index (κ2) is 15.0. The Morgan fingerprint density at radius 1 is 0.957 bits per heavy atom. The molecule has 0 heterocycles. The second-order valence-electron chi connectivity index (χ2n) is 3.62. The summed E-state index contributed by atoms with van der Waals surface area (Å²) < 4.78 is 3.52. The Kier molecular flexibility index (Phi) is 15.2. The number of anilines is 2. The van der Waals surface area contributed by atoms with Crippen molar-refractivity contribution in [3.8, 4) is 0 Å². The number of methoxy groups -OCH3 is 1. The van der Waals surface area contributed by atoms with Crippen molar-refractivity contribution < 1.29 is 14.3 Å². The first kappa shape index (κ1) is 23.3. The fourth-order valence-corrected chi connectivity index (χ4v) is 1.14. The molecule has 1 amide bonds. The number of carbonyl (C=O) groups excluding carboxylic acids is 2. The standard InChI is InChI=1S/C8H9NO2.C6H7N.CCl2O.ClH/c1-11-8(10)9-7-5-3-2-4-6-7;7-6-4-2-1-3-5-6;2-1(3)4;/h2-6H,1H3,(H,9,10);1-5H,7H2;;1H. The van der Waals surface area contributed by atoms with Gasteiger partial charge in [0.2, 0.25) is 0 Å². The van der Waals surface area contributed by atoms with Gasteiger partial charge in [0.1, 0.15) is 0 Å². The molecule has 0 aromatic heterocycles. The van der Waals surface area contributed by atoms with Gasteiger partial charge in [0.15, 0.2) is 0 Å². The molecule has 0 aliphatic heterocycles. The Labute approximate surface area is 151 Å². The Balaban J connectivity index is 0. The van der Waals surface area contributed by atoms with Crippen LogP contribution < -0.4 is 11.1 Å². The van der Waals surface area contributed by atoms with Crippen molar-refractivity contribution in [1.29, 1.82) is 0 Å². The summed E-state index contributed by atoms with van der Waals surface area (Å²) in [4.78, 5) is 19.6. The number of hydrogen-bond donors (Lipinski definition) is 2. The van der Waals surface area contributed by atoms with Gasteiger partial charge in [-0.3, -0.25) is 10.1 Å². The van der Waals surface area contributed by atoms with Gasteiger partial charge in [0.05, 0.1) is 7.11 Å². The third kappa shape index (κ3) is 16.2. The zero-order chi connectivity index (χ0) is 16.8. The van der Waals surface area contributed by atoms with E-state index in [9.17, 15) is 4.79 Å².